The van der Waals surface area contributed by atoms with Gasteiger partial charge in [-0.25, -0.2) is 4.39 Å². The molecular weight excluding hydrogens is 485 g/mol. The molecule has 0 bridgehead atoms. The highest BCUT2D eigenvalue weighted by Crippen LogP contribution is 2.36. The summed E-state index contributed by atoms with van der Waals surface area (Å²) in [4.78, 5) is 32.4. The summed E-state index contributed by atoms with van der Waals surface area (Å²) in [5, 5.41) is 9.67. The van der Waals surface area contributed by atoms with Crippen LogP contribution in [0.25, 0.3) is 6.08 Å². The van der Waals surface area contributed by atoms with Gasteiger partial charge in [0, 0.05) is 50.5 Å². The van der Waals surface area contributed by atoms with E-state index in [9.17, 15) is 19.2 Å². The Hall–Kier alpha value is -3.16. The molecule has 0 radical (unpaired) electrons. The lowest BCUT2D eigenvalue weighted by molar-refractivity contribution is -0.123. The van der Waals surface area contributed by atoms with E-state index in [1.54, 1.807) is 37.1 Å². The normalized spacial score (nSPS) is 17.6. The number of rotatable bonds is 4. The SMILES string of the molecule is Cc1c(/C=C2\SC(=S)N(C(C)C)C2=O)c(N2CCN(c3ccc(F)cc3)CC2)n(C)c(=O)c1C#N. The zero-order chi connectivity index (χ0) is 25.4. The quantitative estimate of drug-likeness (QED) is 0.458. The first kappa shape index (κ1) is 24.9. The maximum absolute atomic E-state index is 13.3. The number of anilines is 2. The number of carbonyl (C=O) groups is 1. The van der Waals surface area contributed by atoms with E-state index >= 15 is 0 Å². The molecule has 1 aromatic carbocycles. The fourth-order valence-corrected chi connectivity index (χ4v) is 5.98. The minimum Gasteiger partial charge on any atom is -0.368 e. The lowest BCUT2D eigenvalue weighted by Gasteiger charge is -2.38. The molecule has 0 spiro atoms. The third-order valence-corrected chi connectivity index (χ3v) is 7.68. The Morgan fingerprint density at radius 1 is 1.11 bits per heavy atom. The van der Waals surface area contributed by atoms with Crippen LogP contribution in [-0.2, 0) is 11.8 Å². The van der Waals surface area contributed by atoms with Crippen molar-refractivity contribution in [3.8, 4) is 6.07 Å². The van der Waals surface area contributed by atoms with E-state index in [1.807, 2.05) is 19.9 Å². The molecule has 2 saturated heterocycles. The number of aromatic nitrogens is 1. The third kappa shape index (κ3) is 4.58. The monoisotopic (exact) mass is 511 g/mol. The molecule has 1 amide bonds. The van der Waals surface area contributed by atoms with Crippen LogP contribution in [0.2, 0.25) is 0 Å². The number of thioether (sulfide) groups is 1. The number of hydrogen-bond acceptors (Lipinski definition) is 7. The fraction of sp³-hybridized carbons (Fsp3) is 0.360. The Labute approximate surface area is 213 Å². The second-order valence-corrected chi connectivity index (χ2v) is 10.5. The van der Waals surface area contributed by atoms with Crippen LogP contribution in [0.15, 0.2) is 34.0 Å². The van der Waals surface area contributed by atoms with Crippen molar-refractivity contribution in [1.29, 1.82) is 5.26 Å². The summed E-state index contributed by atoms with van der Waals surface area (Å²) >= 11 is 6.65. The van der Waals surface area contributed by atoms with Gasteiger partial charge in [-0.15, -0.1) is 0 Å². The Morgan fingerprint density at radius 2 is 1.71 bits per heavy atom. The number of nitrogens with zero attached hydrogens (tertiary/aromatic N) is 5. The third-order valence-electron chi connectivity index (χ3n) is 6.35. The van der Waals surface area contributed by atoms with E-state index in [-0.39, 0.29) is 28.9 Å². The van der Waals surface area contributed by atoms with Gasteiger partial charge in [0.1, 0.15) is 27.6 Å². The number of nitriles is 1. The van der Waals surface area contributed by atoms with Crippen molar-refractivity contribution in [2.24, 2.45) is 7.05 Å². The van der Waals surface area contributed by atoms with Gasteiger partial charge >= 0.3 is 0 Å². The first-order chi connectivity index (χ1) is 16.6. The summed E-state index contributed by atoms with van der Waals surface area (Å²) in [6.07, 6.45) is 1.76. The number of piperazine rings is 1. The molecule has 0 saturated carbocycles. The lowest BCUT2D eigenvalue weighted by atomic mass is 10.0. The zero-order valence-corrected chi connectivity index (χ0v) is 21.7. The molecule has 7 nitrogen and oxygen atoms in total. The molecule has 4 rings (SSSR count). The van der Waals surface area contributed by atoms with E-state index in [1.165, 1.54) is 28.5 Å². The van der Waals surface area contributed by atoms with Gasteiger partial charge in [-0.05, 0) is 56.7 Å². The van der Waals surface area contributed by atoms with Crippen LogP contribution in [0, 0.1) is 24.1 Å². The standard InChI is InChI=1S/C25H26FN5O2S2/c1-15(2)31-24(33)21(35-25(31)34)13-19-16(3)20(14-27)23(32)28(4)22(19)30-11-9-29(10-12-30)18-7-5-17(26)6-8-18/h5-8,13,15H,9-12H2,1-4H3/b21-13-. The summed E-state index contributed by atoms with van der Waals surface area (Å²) in [5.41, 5.74) is 1.85. The van der Waals surface area contributed by atoms with Crippen molar-refractivity contribution < 1.29 is 9.18 Å². The molecule has 2 aliphatic rings. The molecule has 1 aromatic heterocycles. The molecule has 10 heteroatoms. The van der Waals surface area contributed by atoms with Crippen LogP contribution in [0.4, 0.5) is 15.9 Å². The van der Waals surface area contributed by atoms with Crippen molar-refractivity contribution in [3.05, 3.63) is 62.0 Å². The van der Waals surface area contributed by atoms with Crippen LogP contribution in [0.1, 0.15) is 30.5 Å². The van der Waals surface area contributed by atoms with Crippen LogP contribution in [0.3, 0.4) is 0 Å². The van der Waals surface area contributed by atoms with E-state index < -0.39 is 0 Å². The predicted molar refractivity (Wildman–Crippen MR) is 142 cm³/mol. The van der Waals surface area contributed by atoms with Gasteiger partial charge in [0.05, 0.1) is 4.91 Å². The molecule has 3 heterocycles. The van der Waals surface area contributed by atoms with Gasteiger partial charge in [-0.1, -0.05) is 24.0 Å². The number of thiocarbonyl (C=S) groups is 1. The summed E-state index contributed by atoms with van der Waals surface area (Å²) in [6.45, 7) is 8.14. The number of hydrogen-bond donors (Lipinski definition) is 0. The summed E-state index contributed by atoms with van der Waals surface area (Å²) < 4.78 is 15.3. The summed E-state index contributed by atoms with van der Waals surface area (Å²) in [7, 11) is 1.65. The fourth-order valence-electron chi connectivity index (χ4n) is 4.48. The van der Waals surface area contributed by atoms with Crippen molar-refractivity contribution in [2.45, 2.75) is 26.8 Å². The van der Waals surface area contributed by atoms with Crippen molar-refractivity contribution in [3.63, 3.8) is 0 Å². The highest BCUT2D eigenvalue weighted by molar-refractivity contribution is 8.26. The number of benzene rings is 1. The molecule has 182 valence electrons. The highest BCUT2D eigenvalue weighted by atomic mass is 32.2. The molecule has 0 atom stereocenters. The average molecular weight is 512 g/mol. The molecule has 0 aliphatic carbocycles. The minimum atomic E-state index is -0.368. The first-order valence-corrected chi connectivity index (χ1v) is 12.5. The van der Waals surface area contributed by atoms with Crippen LogP contribution in [0.5, 0.6) is 0 Å². The van der Waals surface area contributed by atoms with Gasteiger partial charge < -0.3 is 9.80 Å². The van der Waals surface area contributed by atoms with Gasteiger partial charge in [-0.3, -0.25) is 19.1 Å². The van der Waals surface area contributed by atoms with Gasteiger partial charge in [0.15, 0.2) is 0 Å². The number of amides is 1. The molecule has 2 fully saturated rings. The van der Waals surface area contributed by atoms with E-state index in [0.717, 1.165) is 5.69 Å². The van der Waals surface area contributed by atoms with Crippen LogP contribution >= 0.6 is 24.0 Å². The van der Waals surface area contributed by atoms with Gasteiger partial charge in [0.25, 0.3) is 11.5 Å². The van der Waals surface area contributed by atoms with Crippen molar-refractivity contribution in [2.75, 3.05) is 36.0 Å². The second kappa shape index (κ2) is 9.84. The molecule has 2 aromatic rings. The summed E-state index contributed by atoms with van der Waals surface area (Å²) in [6, 6.07) is 8.37. The predicted octanol–water partition coefficient (Wildman–Crippen LogP) is 3.64. The van der Waals surface area contributed by atoms with Crippen molar-refractivity contribution >= 4 is 51.8 Å². The van der Waals surface area contributed by atoms with E-state index in [4.69, 9.17) is 12.2 Å². The van der Waals surface area contributed by atoms with E-state index in [0.29, 0.717) is 52.3 Å². The Bertz CT molecular complexity index is 1320. The highest BCUT2D eigenvalue weighted by Gasteiger charge is 2.35. The molecule has 35 heavy (non-hydrogen) atoms. The number of halogens is 1. The topological polar surface area (TPSA) is 72.6 Å². The van der Waals surface area contributed by atoms with Crippen LogP contribution in [-0.4, -0.2) is 51.9 Å². The number of pyridine rings is 1. The van der Waals surface area contributed by atoms with Gasteiger partial charge in [-0.2, -0.15) is 5.26 Å². The molecule has 0 N–H and O–H groups in total. The summed E-state index contributed by atoms with van der Waals surface area (Å²) in [5.74, 6) is 0.219. The second-order valence-electron chi connectivity index (χ2n) is 8.81. The lowest BCUT2D eigenvalue weighted by Crippen LogP contribution is -2.48. The molecule has 0 unspecified atom stereocenters. The molecule has 2 aliphatic heterocycles. The minimum absolute atomic E-state index is 0.0618. The first-order valence-electron chi connectivity index (χ1n) is 11.3. The Kier molecular flexibility index (Phi) is 7.01. The van der Waals surface area contributed by atoms with E-state index in [2.05, 4.69) is 9.80 Å². The van der Waals surface area contributed by atoms with Gasteiger partial charge in [0.2, 0.25) is 0 Å². The molecular formula is C25H26FN5O2S2. The maximum Gasteiger partial charge on any atom is 0.270 e. The Balaban J connectivity index is 1.74. The van der Waals surface area contributed by atoms with Crippen molar-refractivity contribution in [1.82, 2.24) is 9.47 Å². The number of carbonyl (C=O) groups excluding carboxylic acids is 1. The zero-order valence-electron chi connectivity index (χ0n) is 20.0. The Morgan fingerprint density at radius 3 is 2.26 bits per heavy atom. The smallest absolute Gasteiger partial charge is 0.270 e. The van der Waals surface area contributed by atoms with Crippen LogP contribution < -0.4 is 15.4 Å². The largest absolute Gasteiger partial charge is 0.368 e. The maximum atomic E-state index is 13.3. The average Bonchev–Trinajstić information content (AvgIpc) is 3.11.